The van der Waals surface area contributed by atoms with E-state index in [4.69, 9.17) is 46.4 Å². The Kier molecular flexibility index (Phi) is 31.6. The summed E-state index contributed by atoms with van der Waals surface area (Å²) in [7, 11) is 8.52. The van der Waals surface area contributed by atoms with Crippen LogP contribution >= 0.6 is 46.4 Å². The van der Waals surface area contributed by atoms with Crippen molar-refractivity contribution in [3.63, 3.8) is 0 Å². The van der Waals surface area contributed by atoms with Crippen molar-refractivity contribution in [1.82, 2.24) is 59.1 Å². The van der Waals surface area contributed by atoms with Crippen LogP contribution in [0.25, 0.3) is 43.6 Å². The van der Waals surface area contributed by atoms with Crippen LogP contribution in [0.5, 0.6) is 0 Å². The van der Waals surface area contributed by atoms with E-state index in [-0.39, 0.29) is 110 Å². The molecule has 0 saturated heterocycles. The Morgan fingerprint density at radius 3 is 1.07 bits per heavy atom. The molecule has 4 fully saturated rings. The predicted octanol–water partition coefficient (Wildman–Crippen LogP) is 17.4. The fraction of sp³-hybridized carbons (Fsp3) is 0.551. The van der Waals surface area contributed by atoms with Gasteiger partial charge in [-0.2, -0.15) is 0 Å². The second-order valence-corrected chi connectivity index (χ2v) is 36.0. The predicted molar refractivity (Wildman–Crippen MR) is 462 cm³/mol. The van der Waals surface area contributed by atoms with Gasteiger partial charge in [-0.3, -0.25) is 38.4 Å². The first-order valence-electron chi connectivity index (χ1n) is 41.1. The average Bonchev–Trinajstić information content (AvgIpc) is 1.64. The van der Waals surface area contributed by atoms with Gasteiger partial charge in [-0.1, -0.05) is 70.7 Å². The lowest BCUT2D eigenvalue weighted by Crippen LogP contribution is -2.47. The van der Waals surface area contributed by atoms with E-state index in [1.165, 1.54) is 16.7 Å². The highest BCUT2D eigenvalue weighted by Crippen LogP contribution is 2.41. The van der Waals surface area contributed by atoms with Crippen LogP contribution in [0.4, 0.5) is 17.6 Å². The highest BCUT2D eigenvalue weighted by Gasteiger charge is 2.41. The van der Waals surface area contributed by atoms with Gasteiger partial charge in [-0.05, 0) is 231 Å². The van der Waals surface area contributed by atoms with Crippen molar-refractivity contribution in [2.24, 2.45) is 17.8 Å². The van der Waals surface area contributed by atoms with Crippen molar-refractivity contribution in [2.45, 2.75) is 225 Å². The molecule has 4 aromatic carbocycles. The molecule has 4 aromatic heterocycles. The minimum atomic E-state index is -1.27. The third kappa shape index (κ3) is 23.8. The molecule has 8 amide bonds. The van der Waals surface area contributed by atoms with E-state index in [0.29, 0.717) is 153 Å². The summed E-state index contributed by atoms with van der Waals surface area (Å²) < 4.78 is 63.1. The molecule has 12 rings (SSSR count). The van der Waals surface area contributed by atoms with Crippen molar-refractivity contribution < 1.29 is 61.0 Å². The molecule has 644 valence electrons. The van der Waals surface area contributed by atoms with Gasteiger partial charge in [0.1, 0.15) is 48.4 Å². The Hall–Kier alpha value is -8.36. The Bertz CT molecular complexity index is 4750. The van der Waals surface area contributed by atoms with Gasteiger partial charge in [0.25, 0.3) is 23.6 Å². The molecule has 4 aliphatic rings. The van der Waals surface area contributed by atoms with Crippen molar-refractivity contribution in [2.75, 3.05) is 74.5 Å². The monoisotopic (exact) mass is 1710 g/mol. The van der Waals surface area contributed by atoms with Crippen molar-refractivity contribution in [1.29, 1.82) is 0 Å². The minimum Gasteiger partial charge on any atom is -0.388 e. The Morgan fingerprint density at radius 2 is 0.737 bits per heavy atom. The van der Waals surface area contributed by atoms with E-state index in [1.54, 1.807) is 152 Å². The van der Waals surface area contributed by atoms with Crippen molar-refractivity contribution in [3.05, 3.63) is 140 Å². The second kappa shape index (κ2) is 39.9. The van der Waals surface area contributed by atoms with Crippen LogP contribution in [0.2, 0.25) is 20.1 Å². The topological polar surface area (TPSA) is 238 Å². The number of nitrogens with zero attached hydrogens (tertiary/aromatic N) is 8. The number of aromatic nitrogens is 4. The third-order valence-electron chi connectivity index (χ3n) is 24.2. The number of nitrogens with one attached hydrogen (secondary N) is 4. The van der Waals surface area contributed by atoms with E-state index < -0.39 is 34.3 Å². The fourth-order valence-corrected chi connectivity index (χ4v) is 17.0. The molecule has 8 aromatic rings. The number of carbonyl (C=O) groups excluding carboxylic acids is 8. The number of aliphatic hydroxyl groups is 1. The summed E-state index contributed by atoms with van der Waals surface area (Å²) in [6.45, 7) is 19.3. The van der Waals surface area contributed by atoms with Gasteiger partial charge in [0.15, 0.2) is 0 Å². The normalized spacial score (nSPS) is 22.7. The highest BCUT2D eigenvalue weighted by molar-refractivity contribution is 6.38. The van der Waals surface area contributed by atoms with Crippen LogP contribution in [-0.4, -0.2) is 199 Å². The number of hydrogen-bond donors (Lipinski definition) is 5. The molecule has 1 unspecified atom stereocenters. The molecule has 1 atom stereocenters. The molecule has 29 heteroatoms. The molecule has 21 nitrogen and oxygen atoms in total. The van der Waals surface area contributed by atoms with Gasteiger partial charge in [0.05, 0.1) is 70.0 Å². The lowest BCUT2D eigenvalue weighted by atomic mass is 9.78. The molecular formula is C89H118Cl4F4N12O9. The number of amides is 8. The molecule has 0 radical (unpaired) electrons. The van der Waals surface area contributed by atoms with Crippen molar-refractivity contribution in [3.8, 4) is 0 Å². The third-order valence-corrected chi connectivity index (χ3v) is 25.4. The average molecular weight is 1720 g/mol. The Labute approximate surface area is 710 Å². The summed E-state index contributed by atoms with van der Waals surface area (Å²) in [6, 6.07) is 21.2. The minimum absolute atomic E-state index is 0.000288. The van der Waals surface area contributed by atoms with Crippen LogP contribution in [0.3, 0.4) is 0 Å². The van der Waals surface area contributed by atoms with Crippen LogP contribution in [0.15, 0.2) is 97.6 Å². The first-order chi connectivity index (χ1) is 55.5. The van der Waals surface area contributed by atoms with Gasteiger partial charge in [-0.15, -0.1) is 0 Å². The Morgan fingerprint density at radius 1 is 0.432 bits per heavy atom. The summed E-state index contributed by atoms with van der Waals surface area (Å²) in [5.41, 5.74) is -0.980. The Balaban J connectivity index is 0.000000179. The van der Waals surface area contributed by atoms with E-state index in [0.717, 1.165) is 55.1 Å². The van der Waals surface area contributed by atoms with Crippen LogP contribution in [0.1, 0.15) is 213 Å². The SMILES string of the molecule is CC(C(=O)N(C)C)n1cc(C(=O)NCC2CCC(C)(F)CC2)c2c(Cl)cccc21.CC(C)N(C)C(=O)Cn1cc(C(=O)NCC2CCC(C)(F)CC2)c2c(Cl)cccc21.CCN(CC)C(=O)Cn1cc(C(=O)NCC2CCC(C)(F)CC2)c2c(Cl)cccc21.CN(C)C(=O)Cn1cc(C(=O)NCC2(O)CCC(C)(F)CC2)c2c(Cl)cccc21. The summed E-state index contributed by atoms with van der Waals surface area (Å²) in [5.74, 6) is -0.410. The summed E-state index contributed by atoms with van der Waals surface area (Å²) in [5, 5.41) is 26.8. The lowest BCUT2D eigenvalue weighted by Gasteiger charge is -2.37. The second-order valence-electron chi connectivity index (χ2n) is 34.4. The van der Waals surface area contributed by atoms with E-state index in [1.807, 2.05) is 64.1 Å². The maximum absolute atomic E-state index is 14.0. The first kappa shape index (κ1) is 93.5. The number of benzene rings is 4. The van der Waals surface area contributed by atoms with E-state index in [2.05, 4.69) is 21.3 Å². The number of hydrogen-bond acceptors (Lipinski definition) is 9. The zero-order valence-electron chi connectivity index (χ0n) is 70.6. The maximum atomic E-state index is 14.0. The summed E-state index contributed by atoms with van der Waals surface area (Å²) in [4.78, 5) is 108. The number of rotatable bonds is 23. The quantitative estimate of drug-likeness (QED) is 0.0382. The maximum Gasteiger partial charge on any atom is 0.253 e. The number of alkyl halides is 4. The van der Waals surface area contributed by atoms with Gasteiger partial charge >= 0.3 is 0 Å². The van der Waals surface area contributed by atoms with Gasteiger partial charge in [0.2, 0.25) is 23.6 Å². The number of carbonyl (C=O) groups is 8. The van der Waals surface area contributed by atoms with Gasteiger partial charge in [0, 0.05) is 127 Å². The van der Waals surface area contributed by atoms with Crippen LogP contribution < -0.4 is 21.3 Å². The van der Waals surface area contributed by atoms with Crippen LogP contribution in [0, 0.1) is 17.8 Å². The number of halogens is 8. The molecule has 118 heavy (non-hydrogen) atoms. The largest absolute Gasteiger partial charge is 0.388 e. The standard InChI is InChI=1S/2C23H31ClFN3O2.C22H29ClFN3O2.C21H27ClFN3O3/c1-15(2)27(4)20(29)14-28-13-17(21-18(24)6-5-7-19(21)28)22(30)26-12-16-8-10-23(3,25)11-9-16;1-4-27(5-2)20(29)15-28-14-17(21-18(24)7-6-8-19(21)28)22(30)26-13-16-9-11-23(3,25)12-10-16;1-14(21(29)26(3)4)27-13-16(19-17(23)6-5-7-18(19)27)20(28)25-12-15-8-10-22(2,24)11-9-15;1-20(23)7-9-21(29,10-8-20)13-24-19(28)14-11-26(12-17(27)25(2)3)16-6-4-5-15(22)18(14)16/h5-7,13,15-16H,8-12,14H2,1-4H3,(H,26,30);6-8,14,16H,4-5,9-13,15H2,1-3H3,(H,26,30);5-7,13-15H,8-12H2,1-4H3,(H,25,28);4-6,11,29H,7-10,12-13H2,1-3H3,(H,24,28). The van der Waals surface area contributed by atoms with E-state index >= 15 is 0 Å². The molecule has 4 aliphatic carbocycles. The number of likely N-dealkylation sites (N-methyl/N-ethyl adjacent to an activating group) is 4. The molecule has 0 bridgehead atoms. The summed E-state index contributed by atoms with van der Waals surface area (Å²) in [6.07, 6.45) is 15.7. The molecule has 5 N–H and O–H groups in total. The molecule has 0 aliphatic heterocycles. The fourth-order valence-electron chi connectivity index (χ4n) is 15.9. The summed E-state index contributed by atoms with van der Waals surface area (Å²) >= 11 is 25.6. The van der Waals surface area contributed by atoms with Gasteiger partial charge in [-0.25, -0.2) is 17.6 Å². The van der Waals surface area contributed by atoms with Crippen molar-refractivity contribution >= 4 is 137 Å². The first-order valence-corrected chi connectivity index (χ1v) is 42.6. The molecule has 4 heterocycles. The molecular weight excluding hydrogens is 1600 g/mol. The number of fused-ring (bicyclic) bond motifs is 4. The van der Waals surface area contributed by atoms with E-state index in [9.17, 15) is 61.0 Å². The molecule has 4 saturated carbocycles. The van der Waals surface area contributed by atoms with Gasteiger partial charge < -0.3 is 64.2 Å². The smallest absolute Gasteiger partial charge is 0.253 e. The zero-order chi connectivity index (χ0) is 86.7. The molecule has 0 spiro atoms. The zero-order valence-corrected chi connectivity index (χ0v) is 73.6. The lowest BCUT2D eigenvalue weighted by molar-refractivity contribution is -0.132. The van der Waals surface area contributed by atoms with Crippen LogP contribution in [-0.2, 0) is 38.8 Å². The highest BCUT2D eigenvalue weighted by atomic mass is 35.5.